The second kappa shape index (κ2) is 5.34. The number of hydrogen-bond acceptors (Lipinski definition) is 4. The summed E-state index contributed by atoms with van der Waals surface area (Å²) in [6.07, 6.45) is 1.87. The first-order valence-electron chi connectivity index (χ1n) is 5.15. The Balaban J connectivity index is 2.51. The van der Waals surface area contributed by atoms with Gasteiger partial charge in [0, 0.05) is 0 Å². The second-order valence-electron chi connectivity index (χ2n) is 3.66. The molecule has 1 heterocycles. The van der Waals surface area contributed by atoms with E-state index >= 15 is 0 Å². The number of nitrogens with two attached hydrogens (primary N) is 1. The Kier molecular flexibility index (Phi) is 3.80. The molecule has 1 atom stereocenters. The lowest BCUT2D eigenvalue weighted by atomic mass is 9.98. The number of nitriles is 1. The molecule has 0 saturated heterocycles. The van der Waals surface area contributed by atoms with Crippen molar-refractivity contribution in [2.45, 2.75) is 5.25 Å². The highest BCUT2D eigenvalue weighted by Crippen LogP contribution is 2.36. The van der Waals surface area contributed by atoms with Crippen molar-refractivity contribution in [3.05, 3.63) is 52.3 Å². The molecule has 2 N–H and O–H groups in total. The van der Waals surface area contributed by atoms with E-state index in [9.17, 15) is 4.39 Å². The minimum absolute atomic E-state index is 0.0443. The topological polar surface area (TPSA) is 49.8 Å². The van der Waals surface area contributed by atoms with Crippen LogP contribution in [-0.4, -0.2) is 10.6 Å². The fourth-order valence-corrected chi connectivity index (χ4v) is 2.74. The highest BCUT2D eigenvalue weighted by molar-refractivity contribution is 8.05. The first-order valence-corrected chi connectivity index (χ1v) is 6.50. The van der Waals surface area contributed by atoms with Gasteiger partial charge in [-0.1, -0.05) is 42.2 Å². The van der Waals surface area contributed by atoms with Gasteiger partial charge in [-0.25, -0.2) is 4.39 Å². The lowest BCUT2D eigenvalue weighted by molar-refractivity contribution is 0.627. The first kappa shape index (κ1) is 12.8. The molecule has 0 spiro atoms. The molecule has 18 heavy (non-hydrogen) atoms. The maximum Gasteiger partial charge on any atom is 0.123 e. The number of benzene rings is 1. The molecule has 1 aliphatic rings. The van der Waals surface area contributed by atoms with Gasteiger partial charge in [0.05, 0.1) is 15.9 Å². The third kappa shape index (κ3) is 2.45. The summed E-state index contributed by atoms with van der Waals surface area (Å²) in [5, 5.41) is 11.2. The normalized spacial score (nSPS) is 19.1. The molecular formula is C13H9FN2S2. The van der Waals surface area contributed by atoms with Crippen molar-refractivity contribution in [3.63, 3.8) is 0 Å². The highest BCUT2D eigenvalue weighted by Gasteiger charge is 2.21. The second-order valence-corrected chi connectivity index (χ2v) is 5.15. The number of nitrogens with zero attached hydrogens (tertiary/aromatic N) is 1. The number of hydrogen-bond donors (Lipinski definition) is 1. The largest absolute Gasteiger partial charge is 0.392 e. The zero-order valence-electron chi connectivity index (χ0n) is 9.26. The number of allylic oxidation sites excluding steroid dienone is 2. The zero-order valence-corrected chi connectivity index (χ0v) is 10.9. The third-order valence-corrected chi connectivity index (χ3v) is 3.98. The van der Waals surface area contributed by atoms with Gasteiger partial charge in [0.2, 0.25) is 0 Å². The minimum atomic E-state index is -0.314. The molecule has 2 nitrogen and oxygen atoms in total. The molecule has 0 aromatic heterocycles. The van der Waals surface area contributed by atoms with Crippen LogP contribution in [0.3, 0.4) is 0 Å². The average molecular weight is 276 g/mol. The Morgan fingerprint density at radius 1 is 1.39 bits per heavy atom. The van der Waals surface area contributed by atoms with Gasteiger partial charge >= 0.3 is 0 Å². The minimum Gasteiger partial charge on any atom is -0.392 e. The van der Waals surface area contributed by atoms with Crippen LogP contribution in [0.4, 0.5) is 4.39 Å². The van der Waals surface area contributed by atoms with Crippen LogP contribution < -0.4 is 5.73 Å². The molecule has 1 aliphatic heterocycles. The van der Waals surface area contributed by atoms with Crippen LogP contribution in [0.1, 0.15) is 5.56 Å². The Hall–Kier alpha value is -1.64. The predicted molar refractivity (Wildman–Crippen MR) is 76.2 cm³/mol. The van der Waals surface area contributed by atoms with Crippen LogP contribution in [0.25, 0.3) is 5.57 Å². The number of thioether (sulfide) groups is 1. The molecule has 0 fully saturated rings. The van der Waals surface area contributed by atoms with E-state index in [2.05, 4.69) is 6.07 Å². The van der Waals surface area contributed by atoms with Crippen LogP contribution in [0.2, 0.25) is 0 Å². The smallest absolute Gasteiger partial charge is 0.123 e. The fourth-order valence-electron chi connectivity index (χ4n) is 1.67. The van der Waals surface area contributed by atoms with E-state index in [0.717, 1.165) is 5.56 Å². The summed E-state index contributed by atoms with van der Waals surface area (Å²) >= 11 is 6.26. The molecule has 0 bridgehead atoms. The summed E-state index contributed by atoms with van der Waals surface area (Å²) in [5.74, 6) is -0.314. The molecule has 2 rings (SSSR count). The van der Waals surface area contributed by atoms with Crippen molar-refractivity contribution in [3.8, 4) is 6.07 Å². The number of rotatable bonds is 2. The van der Waals surface area contributed by atoms with E-state index in [4.69, 9.17) is 23.2 Å². The van der Waals surface area contributed by atoms with Gasteiger partial charge < -0.3 is 5.73 Å². The van der Waals surface area contributed by atoms with E-state index in [1.54, 1.807) is 17.5 Å². The van der Waals surface area contributed by atoms with Crippen LogP contribution in [-0.2, 0) is 0 Å². The molecule has 0 radical (unpaired) electrons. The Morgan fingerprint density at radius 2 is 2.06 bits per heavy atom. The molecule has 0 aliphatic carbocycles. The van der Waals surface area contributed by atoms with Gasteiger partial charge in [0.15, 0.2) is 0 Å². The Labute approximate surface area is 114 Å². The Morgan fingerprint density at radius 3 is 2.61 bits per heavy atom. The van der Waals surface area contributed by atoms with Crippen LogP contribution in [0, 0.1) is 17.1 Å². The maximum absolute atomic E-state index is 12.9. The average Bonchev–Trinajstić information content (AvgIpc) is 2.38. The molecule has 5 heteroatoms. The SMILES string of the molecule is N#CC1=C(N)SC(C=S)C=C1c1ccc(F)cc1. The summed E-state index contributed by atoms with van der Waals surface area (Å²) < 4.78 is 12.9. The first-order chi connectivity index (χ1) is 8.65. The van der Waals surface area contributed by atoms with Crippen molar-refractivity contribution < 1.29 is 4.39 Å². The van der Waals surface area contributed by atoms with Crippen molar-refractivity contribution in [1.29, 1.82) is 5.26 Å². The molecule has 0 saturated carbocycles. The van der Waals surface area contributed by atoms with Gasteiger partial charge in [0.1, 0.15) is 11.9 Å². The van der Waals surface area contributed by atoms with Crippen LogP contribution in [0.5, 0.6) is 0 Å². The standard InChI is InChI=1S/C13H9FN2S2/c14-9-3-1-8(2-4-9)11-5-10(7-17)18-13(16)12(11)6-15/h1-5,7,10H,16H2. The predicted octanol–water partition coefficient (Wildman–Crippen LogP) is 3.02. The summed E-state index contributed by atoms with van der Waals surface area (Å²) in [6, 6.07) is 8.05. The van der Waals surface area contributed by atoms with E-state index in [-0.39, 0.29) is 11.1 Å². The van der Waals surface area contributed by atoms with Gasteiger partial charge in [-0.2, -0.15) is 5.26 Å². The summed E-state index contributed by atoms with van der Waals surface area (Å²) in [7, 11) is 0. The molecular weight excluding hydrogens is 267 g/mol. The molecule has 90 valence electrons. The van der Waals surface area contributed by atoms with Gasteiger partial charge in [0.25, 0.3) is 0 Å². The summed E-state index contributed by atoms with van der Waals surface area (Å²) in [5.41, 5.74) is 7.74. The van der Waals surface area contributed by atoms with E-state index < -0.39 is 0 Å². The third-order valence-electron chi connectivity index (χ3n) is 2.51. The molecule has 1 aromatic rings. The van der Waals surface area contributed by atoms with Crippen molar-refractivity contribution in [1.82, 2.24) is 0 Å². The maximum atomic E-state index is 12.9. The zero-order chi connectivity index (χ0) is 13.1. The number of halogens is 1. The quantitative estimate of drug-likeness (QED) is 0.844. The lowest BCUT2D eigenvalue weighted by Crippen LogP contribution is -2.12. The van der Waals surface area contributed by atoms with E-state index in [1.807, 2.05) is 6.08 Å². The van der Waals surface area contributed by atoms with Crippen LogP contribution >= 0.6 is 24.0 Å². The van der Waals surface area contributed by atoms with Crippen molar-refractivity contribution >= 4 is 34.9 Å². The summed E-state index contributed by atoms with van der Waals surface area (Å²) in [6.45, 7) is 0. The van der Waals surface area contributed by atoms with E-state index in [1.165, 1.54) is 23.9 Å². The van der Waals surface area contributed by atoms with Gasteiger partial charge in [-0.15, -0.1) is 0 Å². The number of thiocarbonyl (C=S) groups is 1. The van der Waals surface area contributed by atoms with Gasteiger partial charge in [-0.05, 0) is 28.6 Å². The van der Waals surface area contributed by atoms with E-state index in [0.29, 0.717) is 16.2 Å². The van der Waals surface area contributed by atoms with Crippen molar-refractivity contribution in [2.75, 3.05) is 0 Å². The molecule has 0 amide bonds. The fraction of sp³-hybridized carbons (Fsp3) is 0.0769. The van der Waals surface area contributed by atoms with Gasteiger partial charge in [-0.3, -0.25) is 0 Å². The lowest BCUT2D eigenvalue weighted by Gasteiger charge is -2.19. The Bertz CT molecular complexity index is 582. The monoisotopic (exact) mass is 276 g/mol. The van der Waals surface area contributed by atoms with Crippen molar-refractivity contribution in [2.24, 2.45) is 5.73 Å². The molecule has 1 unspecified atom stereocenters. The highest BCUT2D eigenvalue weighted by atomic mass is 32.2. The summed E-state index contributed by atoms with van der Waals surface area (Å²) in [4.78, 5) is 0. The van der Waals surface area contributed by atoms with Crippen LogP contribution in [0.15, 0.2) is 40.9 Å². The molecule has 1 aromatic carbocycles.